The molecule has 16 heavy (non-hydrogen) atoms. The van der Waals surface area contributed by atoms with Crippen molar-refractivity contribution < 1.29 is 8.42 Å². The van der Waals surface area contributed by atoms with Crippen molar-refractivity contribution in [3.63, 3.8) is 0 Å². The lowest BCUT2D eigenvalue weighted by Crippen LogP contribution is -2.13. The van der Waals surface area contributed by atoms with Gasteiger partial charge >= 0.3 is 0 Å². The van der Waals surface area contributed by atoms with Gasteiger partial charge in [-0.15, -0.1) is 0 Å². The molecule has 1 heterocycles. The highest BCUT2D eigenvalue weighted by Gasteiger charge is 2.15. The number of nitrogens with two attached hydrogens (primary N) is 1. The number of anilines is 2. The Morgan fingerprint density at radius 1 is 1.31 bits per heavy atom. The molecule has 1 aromatic heterocycles. The van der Waals surface area contributed by atoms with Gasteiger partial charge in [0.25, 0.3) is 10.0 Å². The van der Waals surface area contributed by atoms with Crippen molar-refractivity contribution in [1.29, 1.82) is 0 Å². The van der Waals surface area contributed by atoms with Gasteiger partial charge < -0.3 is 5.73 Å². The summed E-state index contributed by atoms with van der Waals surface area (Å²) in [7, 11) is -3.61. The van der Waals surface area contributed by atoms with E-state index in [1.54, 1.807) is 18.2 Å². The Morgan fingerprint density at radius 2 is 2.12 bits per heavy atom. The predicted octanol–water partition coefficient (Wildman–Crippen LogP) is 0.793. The first-order valence-corrected chi connectivity index (χ1v) is 5.94. The molecule has 0 fully saturated rings. The van der Waals surface area contributed by atoms with Crippen molar-refractivity contribution in [3.05, 3.63) is 36.5 Å². The zero-order valence-electron chi connectivity index (χ0n) is 8.21. The molecule has 0 saturated heterocycles. The average Bonchev–Trinajstić information content (AvgIpc) is 2.69. The number of nitrogens with one attached hydrogen (secondary N) is 2. The number of rotatable bonds is 3. The number of nitrogens with zero attached hydrogens (tertiary/aromatic N) is 1. The Labute approximate surface area is 92.5 Å². The van der Waals surface area contributed by atoms with Crippen molar-refractivity contribution in [2.45, 2.75) is 5.03 Å². The van der Waals surface area contributed by atoms with Crippen molar-refractivity contribution >= 4 is 21.4 Å². The van der Waals surface area contributed by atoms with Crippen LogP contribution in [0.1, 0.15) is 0 Å². The van der Waals surface area contributed by atoms with Gasteiger partial charge in [0.15, 0.2) is 5.03 Å². The summed E-state index contributed by atoms with van der Waals surface area (Å²) < 4.78 is 25.9. The van der Waals surface area contributed by atoms with Gasteiger partial charge in [-0.1, -0.05) is 6.07 Å². The number of sulfonamides is 1. The third-order valence-corrected chi connectivity index (χ3v) is 3.21. The standard InChI is InChI=1S/C9H10N4O2S/c10-7-2-1-3-8(6-7)13-16(14,15)9-4-5-11-12-9/h1-6,13H,10H2,(H,11,12). The van der Waals surface area contributed by atoms with E-state index < -0.39 is 10.0 Å². The highest BCUT2D eigenvalue weighted by molar-refractivity contribution is 7.92. The lowest BCUT2D eigenvalue weighted by atomic mass is 10.3. The first-order valence-electron chi connectivity index (χ1n) is 4.46. The van der Waals surface area contributed by atoms with E-state index in [0.717, 1.165) is 0 Å². The van der Waals surface area contributed by atoms with Crippen LogP contribution in [0.3, 0.4) is 0 Å². The zero-order chi connectivity index (χ0) is 11.6. The Morgan fingerprint density at radius 3 is 2.75 bits per heavy atom. The van der Waals surface area contributed by atoms with E-state index in [1.807, 2.05) is 0 Å². The molecule has 84 valence electrons. The number of H-pyrrole nitrogens is 1. The molecule has 0 radical (unpaired) electrons. The summed E-state index contributed by atoms with van der Waals surface area (Å²) in [5, 5.41) is 5.97. The normalized spacial score (nSPS) is 11.2. The van der Waals surface area contributed by atoms with Gasteiger partial charge in [0, 0.05) is 5.69 Å². The van der Waals surface area contributed by atoms with Crippen LogP contribution in [0.2, 0.25) is 0 Å². The van der Waals surface area contributed by atoms with E-state index in [2.05, 4.69) is 14.9 Å². The first kappa shape index (κ1) is 10.5. The van der Waals surface area contributed by atoms with Crippen LogP contribution in [-0.4, -0.2) is 18.6 Å². The summed E-state index contributed by atoms with van der Waals surface area (Å²) in [4.78, 5) is 0. The molecule has 0 bridgehead atoms. The summed E-state index contributed by atoms with van der Waals surface area (Å²) in [6.45, 7) is 0. The van der Waals surface area contributed by atoms with Crippen LogP contribution in [0, 0.1) is 0 Å². The smallest absolute Gasteiger partial charge is 0.278 e. The topological polar surface area (TPSA) is 101 Å². The van der Waals surface area contributed by atoms with Gasteiger partial charge in [0.1, 0.15) is 0 Å². The van der Waals surface area contributed by atoms with Gasteiger partial charge in [0.2, 0.25) is 0 Å². The van der Waals surface area contributed by atoms with Crippen LogP contribution >= 0.6 is 0 Å². The molecule has 4 N–H and O–H groups in total. The van der Waals surface area contributed by atoms with E-state index in [1.165, 1.54) is 18.3 Å². The third-order valence-electron chi connectivity index (χ3n) is 1.90. The summed E-state index contributed by atoms with van der Waals surface area (Å²) in [6.07, 6.45) is 1.37. The zero-order valence-corrected chi connectivity index (χ0v) is 9.03. The molecule has 1 aromatic carbocycles. The van der Waals surface area contributed by atoms with Gasteiger partial charge in [-0.3, -0.25) is 9.82 Å². The maximum atomic E-state index is 11.8. The van der Waals surface area contributed by atoms with Crippen LogP contribution in [0.25, 0.3) is 0 Å². The molecule has 0 aliphatic heterocycles. The van der Waals surface area contributed by atoms with Gasteiger partial charge in [0.05, 0.1) is 11.9 Å². The minimum absolute atomic E-state index is 0.00919. The Kier molecular flexibility index (Phi) is 2.53. The SMILES string of the molecule is Nc1cccc(NS(=O)(=O)c2ccn[nH]2)c1. The molecule has 0 amide bonds. The fraction of sp³-hybridized carbons (Fsp3) is 0. The lowest BCUT2D eigenvalue weighted by molar-refractivity contribution is 0.597. The Bertz CT molecular complexity index is 577. The van der Waals surface area contributed by atoms with Crippen molar-refractivity contribution in [2.24, 2.45) is 0 Å². The highest BCUT2D eigenvalue weighted by atomic mass is 32.2. The van der Waals surface area contributed by atoms with E-state index >= 15 is 0 Å². The largest absolute Gasteiger partial charge is 0.399 e. The number of aromatic nitrogens is 2. The number of benzene rings is 1. The predicted molar refractivity (Wildman–Crippen MR) is 60.3 cm³/mol. The fourth-order valence-corrected chi connectivity index (χ4v) is 2.17. The molecule has 6 nitrogen and oxygen atoms in total. The molecule has 0 spiro atoms. The Hall–Kier alpha value is -2.02. The third kappa shape index (κ3) is 2.14. The van der Waals surface area contributed by atoms with Crippen LogP contribution in [0.15, 0.2) is 41.6 Å². The molecule has 0 unspecified atom stereocenters. The molecule has 0 aliphatic carbocycles. The van der Waals surface area contributed by atoms with Crippen LogP contribution in [-0.2, 0) is 10.0 Å². The Balaban J connectivity index is 2.29. The van der Waals surface area contributed by atoms with Gasteiger partial charge in [-0.2, -0.15) is 13.5 Å². The van der Waals surface area contributed by atoms with Crippen LogP contribution in [0.4, 0.5) is 11.4 Å². The van der Waals surface area contributed by atoms with E-state index in [4.69, 9.17) is 5.73 Å². The molecule has 7 heteroatoms. The fourth-order valence-electron chi connectivity index (χ4n) is 1.21. The second-order valence-electron chi connectivity index (χ2n) is 3.15. The minimum atomic E-state index is -3.61. The van der Waals surface area contributed by atoms with E-state index in [-0.39, 0.29) is 5.03 Å². The molecule has 2 rings (SSSR count). The average molecular weight is 238 g/mol. The highest BCUT2D eigenvalue weighted by Crippen LogP contribution is 2.16. The number of hydrogen-bond donors (Lipinski definition) is 3. The van der Waals surface area contributed by atoms with Gasteiger partial charge in [-0.25, -0.2) is 0 Å². The maximum Gasteiger partial charge on any atom is 0.278 e. The molecule has 0 saturated carbocycles. The summed E-state index contributed by atoms with van der Waals surface area (Å²) in [5.74, 6) is 0. The quantitative estimate of drug-likeness (QED) is 0.688. The summed E-state index contributed by atoms with van der Waals surface area (Å²) in [6, 6.07) is 7.86. The molecular weight excluding hydrogens is 228 g/mol. The molecule has 2 aromatic rings. The first-order chi connectivity index (χ1) is 7.58. The van der Waals surface area contributed by atoms with Crippen LogP contribution in [0.5, 0.6) is 0 Å². The van der Waals surface area contributed by atoms with E-state index in [9.17, 15) is 8.42 Å². The van der Waals surface area contributed by atoms with Crippen molar-refractivity contribution in [1.82, 2.24) is 10.2 Å². The minimum Gasteiger partial charge on any atom is -0.399 e. The van der Waals surface area contributed by atoms with Crippen molar-refractivity contribution in [2.75, 3.05) is 10.5 Å². The van der Waals surface area contributed by atoms with Crippen molar-refractivity contribution in [3.8, 4) is 0 Å². The molecular formula is C9H10N4O2S. The second-order valence-corrected chi connectivity index (χ2v) is 4.80. The molecule has 0 aliphatic rings. The monoisotopic (exact) mass is 238 g/mol. The van der Waals surface area contributed by atoms with E-state index in [0.29, 0.717) is 11.4 Å². The lowest BCUT2D eigenvalue weighted by Gasteiger charge is -2.06. The number of hydrogen-bond acceptors (Lipinski definition) is 4. The maximum absolute atomic E-state index is 11.8. The number of aromatic amines is 1. The molecule has 0 atom stereocenters. The van der Waals surface area contributed by atoms with Crippen LogP contribution < -0.4 is 10.5 Å². The summed E-state index contributed by atoms with van der Waals surface area (Å²) >= 11 is 0. The second kappa shape index (κ2) is 3.86. The van der Waals surface area contributed by atoms with Gasteiger partial charge in [-0.05, 0) is 24.3 Å². The summed E-state index contributed by atoms with van der Waals surface area (Å²) in [5.41, 5.74) is 6.44. The number of nitrogen functional groups attached to an aromatic ring is 1.